The lowest BCUT2D eigenvalue weighted by atomic mass is 10.1. The standard InChI is InChI=1S/C19H22F2N4O3/c1-28-10-4-8-22-19(27)17-24-16(15-5-2-3-9-25(15)17)18(26)23-14-7-6-12(20)11-13(14)21/h6-7,11H,2-5,8-10H2,1H3,(H,22,27)(H,23,26). The molecule has 0 spiro atoms. The number of fused-ring (bicyclic) bond motifs is 1. The number of imidazole rings is 1. The van der Waals surface area contributed by atoms with Gasteiger partial charge in [0.25, 0.3) is 11.8 Å². The summed E-state index contributed by atoms with van der Waals surface area (Å²) in [5.74, 6) is -2.45. The first kappa shape index (κ1) is 19.9. The van der Waals surface area contributed by atoms with Gasteiger partial charge < -0.3 is 19.9 Å². The quantitative estimate of drug-likeness (QED) is 0.709. The number of methoxy groups -OCH3 is 1. The number of carbonyl (C=O) groups excluding carboxylic acids is 2. The van der Waals surface area contributed by atoms with Crippen LogP contribution in [0.1, 0.15) is 46.1 Å². The molecule has 28 heavy (non-hydrogen) atoms. The van der Waals surface area contributed by atoms with Gasteiger partial charge >= 0.3 is 0 Å². The Hall–Kier alpha value is -2.81. The number of aromatic nitrogens is 2. The van der Waals surface area contributed by atoms with Crippen molar-refractivity contribution in [3.63, 3.8) is 0 Å². The Morgan fingerprint density at radius 3 is 2.82 bits per heavy atom. The van der Waals surface area contributed by atoms with Crippen LogP contribution in [0.2, 0.25) is 0 Å². The second-order valence-corrected chi connectivity index (χ2v) is 6.52. The Kier molecular flexibility index (Phi) is 6.35. The third kappa shape index (κ3) is 4.36. The molecule has 0 fully saturated rings. The van der Waals surface area contributed by atoms with Crippen LogP contribution in [0.4, 0.5) is 14.5 Å². The lowest BCUT2D eigenvalue weighted by Crippen LogP contribution is -2.29. The van der Waals surface area contributed by atoms with Crippen molar-refractivity contribution in [3.05, 3.63) is 47.0 Å². The Balaban J connectivity index is 1.81. The number of amides is 2. The number of ether oxygens (including phenoxy) is 1. The SMILES string of the molecule is COCCCNC(=O)c1nc(C(=O)Nc2ccc(F)cc2F)c2n1CCCC2. The number of rotatable bonds is 7. The molecule has 9 heteroatoms. The van der Waals surface area contributed by atoms with Crippen LogP contribution in [0.3, 0.4) is 0 Å². The highest BCUT2D eigenvalue weighted by atomic mass is 19.1. The average Bonchev–Trinajstić information content (AvgIpc) is 3.07. The van der Waals surface area contributed by atoms with Gasteiger partial charge in [0.05, 0.1) is 11.4 Å². The summed E-state index contributed by atoms with van der Waals surface area (Å²) in [5.41, 5.74) is 0.591. The second kappa shape index (κ2) is 8.92. The van der Waals surface area contributed by atoms with E-state index in [2.05, 4.69) is 15.6 Å². The number of anilines is 1. The minimum atomic E-state index is -0.877. The maximum atomic E-state index is 13.8. The van der Waals surface area contributed by atoms with E-state index in [0.717, 1.165) is 25.0 Å². The lowest BCUT2D eigenvalue weighted by molar-refractivity contribution is 0.0932. The van der Waals surface area contributed by atoms with Crippen molar-refractivity contribution in [2.45, 2.75) is 32.2 Å². The van der Waals surface area contributed by atoms with E-state index in [0.29, 0.717) is 44.3 Å². The molecular weight excluding hydrogens is 370 g/mol. The van der Waals surface area contributed by atoms with Crippen LogP contribution < -0.4 is 10.6 Å². The molecule has 7 nitrogen and oxygen atoms in total. The zero-order valence-electron chi connectivity index (χ0n) is 15.6. The van der Waals surface area contributed by atoms with Gasteiger partial charge in [-0.05, 0) is 37.8 Å². The summed E-state index contributed by atoms with van der Waals surface area (Å²) in [4.78, 5) is 29.4. The topological polar surface area (TPSA) is 85.2 Å². The van der Waals surface area contributed by atoms with E-state index in [-0.39, 0.29) is 23.1 Å². The van der Waals surface area contributed by atoms with Gasteiger partial charge in [0.1, 0.15) is 11.6 Å². The summed E-state index contributed by atoms with van der Waals surface area (Å²) in [6, 6.07) is 2.89. The maximum absolute atomic E-state index is 13.8. The van der Waals surface area contributed by atoms with E-state index in [4.69, 9.17) is 4.74 Å². The molecule has 0 unspecified atom stereocenters. The van der Waals surface area contributed by atoms with Crippen molar-refractivity contribution in [3.8, 4) is 0 Å². The van der Waals surface area contributed by atoms with Gasteiger partial charge in [0.2, 0.25) is 0 Å². The molecule has 0 bridgehead atoms. The van der Waals surface area contributed by atoms with Crippen LogP contribution in [-0.4, -0.2) is 41.6 Å². The van der Waals surface area contributed by atoms with Crippen molar-refractivity contribution < 1.29 is 23.1 Å². The second-order valence-electron chi connectivity index (χ2n) is 6.52. The summed E-state index contributed by atoms with van der Waals surface area (Å²) >= 11 is 0. The summed E-state index contributed by atoms with van der Waals surface area (Å²) in [5, 5.41) is 5.18. The number of hydrogen-bond donors (Lipinski definition) is 2. The van der Waals surface area contributed by atoms with Crippen molar-refractivity contribution in [2.75, 3.05) is 25.6 Å². The van der Waals surface area contributed by atoms with Gasteiger partial charge in [-0.1, -0.05) is 0 Å². The molecule has 2 heterocycles. The molecule has 1 aliphatic rings. The number of halogens is 2. The molecule has 3 rings (SSSR count). The van der Waals surface area contributed by atoms with Crippen molar-refractivity contribution in [1.29, 1.82) is 0 Å². The molecule has 0 saturated carbocycles. The van der Waals surface area contributed by atoms with Crippen molar-refractivity contribution in [1.82, 2.24) is 14.9 Å². The third-order valence-electron chi connectivity index (χ3n) is 4.53. The van der Waals surface area contributed by atoms with Crippen LogP contribution in [0, 0.1) is 11.6 Å². The first-order valence-electron chi connectivity index (χ1n) is 9.14. The molecule has 0 atom stereocenters. The fraction of sp³-hybridized carbons (Fsp3) is 0.421. The Labute approximate surface area is 161 Å². The van der Waals surface area contributed by atoms with E-state index in [9.17, 15) is 18.4 Å². The van der Waals surface area contributed by atoms with E-state index in [1.807, 2.05) is 0 Å². The van der Waals surface area contributed by atoms with Crippen LogP contribution in [0.15, 0.2) is 18.2 Å². The van der Waals surface area contributed by atoms with E-state index in [1.54, 1.807) is 11.7 Å². The summed E-state index contributed by atoms with van der Waals surface area (Å²) in [6.07, 6.45) is 3.00. The molecule has 150 valence electrons. The molecule has 1 aromatic carbocycles. The third-order valence-corrected chi connectivity index (χ3v) is 4.53. The largest absolute Gasteiger partial charge is 0.385 e. The summed E-state index contributed by atoms with van der Waals surface area (Å²) in [6.45, 7) is 1.54. The van der Waals surface area contributed by atoms with Gasteiger partial charge in [-0.15, -0.1) is 0 Å². The molecule has 1 aromatic heterocycles. The van der Waals surface area contributed by atoms with Crippen molar-refractivity contribution in [2.24, 2.45) is 0 Å². The number of benzene rings is 1. The minimum Gasteiger partial charge on any atom is -0.385 e. The zero-order chi connectivity index (χ0) is 20.1. The van der Waals surface area contributed by atoms with Crippen molar-refractivity contribution >= 4 is 17.5 Å². The lowest BCUT2D eigenvalue weighted by Gasteiger charge is -2.17. The maximum Gasteiger partial charge on any atom is 0.287 e. The number of hydrogen-bond acceptors (Lipinski definition) is 4. The van der Waals surface area contributed by atoms with Gasteiger partial charge in [-0.2, -0.15) is 0 Å². The molecule has 1 aliphatic heterocycles. The minimum absolute atomic E-state index is 0.0884. The van der Waals surface area contributed by atoms with E-state index < -0.39 is 17.5 Å². The highest BCUT2D eigenvalue weighted by molar-refractivity contribution is 6.05. The molecule has 2 N–H and O–H groups in total. The first-order chi connectivity index (χ1) is 13.5. The highest BCUT2D eigenvalue weighted by Crippen LogP contribution is 2.23. The molecular formula is C19H22F2N4O3. The molecule has 0 radical (unpaired) electrons. The first-order valence-corrected chi connectivity index (χ1v) is 9.14. The number of carbonyl (C=O) groups is 2. The molecule has 0 aliphatic carbocycles. The fourth-order valence-electron chi connectivity index (χ4n) is 3.17. The van der Waals surface area contributed by atoms with Gasteiger partial charge in [0, 0.05) is 32.9 Å². The normalized spacial score (nSPS) is 13.1. The Morgan fingerprint density at radius 1 is 1.25 bits per heavy atom. The van der Waals surface area contributed by atoms with Crippen LogP contribution in [0.25, 0.3) is 0 Å². The fourth-order valence-corrected chi connectivity index (χ4v) is 3.17. The van der Waals surface area contributed by atoms with Crippen LogP contribution in [-0.2, 0) is 17.7 Å². The summed E-state index contributed by atoms with van der Waals surface area (Å²) < 4.78 is 33.6. The predicted molar refractivity (Wildman–Crippen MR) is 98.3 cm³/mol. The molecule has 2 aromatic rings. The van der Waals surface area contributed by atoms with E-state index >= 15 is 0 Å². The Morgan fingerprint density at radius 2 is 2.07 bits per heavy atom. The predicted octanol–water partition coefficient (Wildman–Crippen LogP) is 2.52. The summed E-state index contributed by atoms with van der Waals surface area (Å²) in [7, 11) is 1.58. The van der Waals surface area contributed by atoms with Gasteiger partial charge in [-0.25, -0.2) is 13.8 Å². The Bertz CT molecular complexity index is 882. The van der Waals surface area contributed by atoms with Crippen LogP contribution in [0.5, 0.6) is 0 Å². The van der Waals surface area contributed by atoms with Crippen LogP contribution >= 0.6 is 0 Å². The average molecular weight is 392 g/mol. The molecule has 2 amide bonds. The van der Waals surface area contributed by atoms with Gasteiger partial charge in [0.15, 0.2) is 11.5 Å². The van der Waals surface area contributed by atoms with Gasteiger partial charge in [-0.3, -0.25) is 9.59 Å². The monoisotopic (exact) mass is 392 g/mol. The zero-order valence-corrected chi connectivity index (χ0v) is 15.6. The van der Waals surface area contributed by atoms with E-state index in [1.165, 1.54) is 0 Å². The molecule has 0 saturated heterocycles. The smallest absolute Gasteiger partial charge is 0.287 e. The number of nitrogens with zero attached hydrogens (tertiary/aromatic N) is 2. The highest BCUT2D eigenvalue weighted by Gasteiger charge is 2.27. The number of nitrogens with one attached hydrogen (secondary N) is 2.